The first-order valence-corrected chi connectivity index (χ1v) is 10.2. The van der Waals surface area contributed by atoms with Crippen LogP contribution in [0.4, 0.5) is 15.5 Å². The maximum absolute atomic E-state index is 13.1. The first-order valence-electron chi connectivity index (χ1n) is 8.71. The van der Waals surface area contributed by atoms with Gasteiger partial charge in [0.15, 0.2) is 4.90 Å². The van der Waals surface area contributed by atoms with Crippen molar-refractivity contribution in [3.05, 3.63) is 24.3 Å². The third-order valence-electron chi connectivity index (χ3n) is 4.04. The largest absolute Gasteiger partial charge is 0.514 e. The van der Waals surface area contributed by atoms with Crippen molar-refractivity contribution in [1.82, 2.24) is 24.2 Å². The molecule has 3 aromatic rings. The molecule has 0 spiro atoms. The molecule has 2 heterocycles. The minimum absolute atomic E-state index is 0.169. The van der Waals surface area contributed by atoms with Gasteiger partial charge in [0.05, 0.1) is 26.8 Å². The lowest BCUT2D eigenvalue weighted by Crippen LogP contribution is -2.35. The fourth-order valence-electron chi connectivity index (χ4n) is 2.71. The molecule has 15 heteroatoms. The molecule has 0 unspecified atom stereocenters. The Morgan fingerprint density at radius 3 is 2.22 bits per heavy atom. The van der Waals surface area contributed by atoms with Gasteiger partial charge in [0.2, 0.25) is 11.8 Å². The van der Waals surface area contributed by atoms with E-state index in [1.807, 2.05) is 4.72 Å². The number of aromatic nitrogens is 4. The van der Waals surface area contributed by atoms with E-state index in [2.05, 4.69) is 25.0 Å². The van der Waals surface area contributed by atoms with Gasteiger partial charge in [0.1, 0.15) is 0 Å². The van der Waals surface area contributed by atoms with E-state index in [9.17, 15) is 18.0 Å². The molecule has 0 aliphatic heterocycles. The van der Waals surface area contributed by atoms with Crippen LogP contribution in [-0.4, -0.2) is 61.5 Å². The first-order chi connectivity index (χ1) is 15.2. The van der Waals surface area contributed by atoms with Crippen LogP contribution in [0.25, 0.3) is 10.9 Å². The fourth-order valence-corrected chi connectivity index (χ4v) is 3.97. The number of nitrogens with zero attached hydrogens (tertiary/aromatic N) is 4. The Kier molecular flexibility index (Phi) is 6.29. The highest BCUT2D eigenvalue weighted by Crippen LogP contribution is 2.35. The summed E-state index contributed by atoms with van der Waals surface area (Å²) in [7, 11) is 0.578. The van der Waals surface area contributed by atoms with Gasteiger partial charge in [-0.15, -0.1) is 4.98 Å². The number of carbonyl (C=O) groups is 2. The van der Waals surface area contributed by atoms with Gasteiger partial charge in [0, 0.05) is 12.4 Å². The molecule has 0 aliphatic rings. The molecule has 2 amide bonds. The maximum Gasteiger partial charge on any atom is 0.514 e. The summed E-state index contributed by atoms with van der Waals surface area (Å²) in [6.07, 6.45) is -1.14. The van der Waals surface area contributed by atoms with Gasteiger partial charge in [-0.25, -0.2) is 22.7 Å². The van der Waals surface area contributed by atoms with Gasteiger partial charge < -0.3 is 23.5 Å². The van der Waals surface area contributed by atoms with Gasteiger partial charge in [-0.05, 0) is 6.07 Å². The number of nitrogens with one attached hydrogen (secondary N) is 2. The topological polar surface area (TPSA) is 173 Å². The van der Waals surface area contributed by atoms with Crippen LogP contribution in [0.15, 0.2) is 29.2 Å². The van der Waals surface area contributed by atoms with E-state index in [0.29, 0.717) is 5.52 Å². The second-order valence-corrected chi connectivity index (χ2v) is 7.58. The molecule has 170 valence electrons. The zero-order valence-corrected chi connectivity index (χ0v) is 18.1. The molecule has 0 radical (unpaired) electrons. The van der Waals surface area contributed by atoms with Crippen molar-refractivity contribution >= 4 is 39.1 Å². The summed E-state index contributed by atoms with van der Waals surface area (Å²) in [5.41, 5.74) is 0.430. The van der Waals surface area contributed by atoms with E-state index < -0.39 is 27.1 Å². The summed E-state index contributed by atoms with van der Waals surface area (Å²) in [5.74, 6) is -0.674. The number of para-hydroxylation sites is 1. The van der Waals surface area contributed by atoms with Crippen LogP contribution in [0.2, 0.25) is 0 Å². The van der Waals surface area contributed by atoms with Crippen molar-refractivity contribution in [2.75, 3.05) is 26.6 Å². The quantitative estimate of drug-likeness (QED) is 0.497. The Hall–Kier alpha value is -4.14. The van der Waals surface area contributed by atoms with Gasteiger partial charge in [-0.2, -0.15) is 9.97 Å². The second kappa shape index (κ2) is 8.93. The van der Waals surface area contributed by atoms with Crippen LogP contribution in [0.3, 0.4) is 0 Å². The monoisotopic (exact) mass is 466 g/mol. The normalized spacial score (nSPS) is 11.0. The number of benzene rings is 1. The Morgan fingerprint density at radius 1 is 1.00 bits per heavy atom. The van der Waals surface area contributed by atoms with Crippen LogP contribution in [-0.2, 0) is 21.8 Å². The van der Waals surface area contributed by atoms with E-state index in [0.717, 1.165) is 7.11 Å². The van der Waals surface area contributed by atoms with Crippen LogP contribution in [0.1, 0.15) is 0 Å². The summed E-state index contributed by atoms with van der Waals surface area (Å²) < 4.78 is 48.6. The number of rotatable bonds is 6. The van der Waals surface area contributed by atoms with Crippen LogP contribution >= 0.6 is 0 Å². The summed E-state index contributed by atoms with van der Waals surface area (Å²) in [6.45, 7) is 0. The van der Waals surface area contributed by atoms with Crippen molar-refractivity contribution in [2.24, 2.45) is 7.05 Å². The Balaban J connectivity index is 1.97. The van der Waals surface area contributed by atoms with E-state index in [1.165, 1.54) is 31.9 Å². The molecule has 32 heavy (non-hydrogen) atoms. The molecule has 0 fully saturated rings. The smallest absolute Gasteiger partial charge is 0.467 e. The Labute approximate surface area is 181 Å². The highest BCUT2D eigenvalue weighted by atomic mass is 32.2. The minimum Gasteiger partial charge on any atom is -0.467 e. The molecule has 2 N–H and O–H groups in total. The standard InChI is InChI=1S/C17H18N6O8S/c1-23-10-8-6-5-7-9(10)11(12(23)31-17(25)30-4)32(26,27)22-14(24)18-13-19-15(28-2)21-16(20-13)29-3/h5-8H,1-4H3,(H2,18,19,20,21,22,24). The number of methoxy groups -OCH3 is 3. The van der Waals surface area contributed by atoms with Crippen LogP contribution in [0, 0.1) is 0 Å². The number of fused-ring (bicyclic) bond motifs is 1. The number of ether oxygens (including phenoxy) is 4. The van der Waals surface area contributed by atoms with E-state index in [1.54, 1.807) is 18.2 Å². The number of urea groups is 1. The lowest BCUT2D eigenvalue weighted by atomic mass is 10.2. The molecule has 0 saturated heterocycles. The van der Waals surface area contributed by atoms with Crippen LogP contribution < -0.4 is 24.2 Å². The number of hydrogen-bond donors (Lipinski definition) is 2. The third-order valence-corrected chi connectivity index (χ3v) is 5.42. The number of anilines is 1. The Bertz CT molecular complexity index is 1270. The van der Waals surface area contributed by atoms with Crippen molar-refractivity contribution in [2.45, 2.75) is 4.90 Å². The molecule has 0 aliphatic carbocycles. The maximum atomic E-state index is 13.1. The summed E-state index contributed by atoms with van der Waals surface area (Å²) in [4.78, 5) is 35.0. The number of aryl methyl sites for hydroxylation is 1. The SMILES string of the molecule is COC(=O)Oc1c(S(=O)(=O)NC(=O)Nc2nc(OC)nc(OC)n2)c2ccccc2n1C. The average molecular weight is 466 g/mol. The zero-order chi connectivity index (χ0) is 23.5. The van der Waals surface area contributed by atoms with Crippen molar-refractivity contribution in [3.8, 4) is 17.9 Å². The van der Waals surface area contributed by atoms with Crippen LogP contribution in [0.5, 0.6) is 17.9 Å². The summed E-state index contributed by atoms with van der Waals surface area (Å²) in [6, 6.07) is 4.83. The van der Waals surface area contributed by atoms with Gasteiger partial charge in [-0.3, -0.25) is 5.32 Å². The predicted molar refractivity (Wildman–Crippen MR) is 108 cm³/mol. The molecule has 0 atom stereocenters. The number of amides is 2. The molecule has 14 nitrogen and oxygen atoms in total. The predicted octanol–water partition coefficient (Wildman–Crippen LogP) is 1.04. The lowest BCUT2D eigenvalue weighted by Gasteiger charge is -2.10. The molecular weight excluding hydrogens is 448 g/mol. The Morgan fingerprint density at radius 2 is 1.62 bits per heavy atom. The molecule has 0 bridgehead atoms. The highest BCUT2D eigenvalue weighted by molar-refractivity contribution is 7.90. The molecule has 0 saturated carbocycles. The zero-order valence-electron chi connectivity index (χ0n) is 17.3. The fraction of sp³-hybridized carbons (Fsp3) is 0.235. The first kappa shape index (κ1) is 22.5. The van der Waals surface area contributed by atoms with E-state index in [-0.39, 0.29) is 29.2 Å². The molecule has 2 aromatic heterocycles. The number of hydrogen-bond acceptors (Lipinski definition) is 11. The third kappa shape index (κ3) is 4.46. The minimum atomic E-state index is -4.55. The molecular formula is C17H18N6O8S. The summed E-state index contributed by atoms with van der Waals surface area (Å²) >= 11 is 0. The number of sulfonamides is 1. The van der Waals surface area contributed by atoms with E-state index in [4.69, 9.17) is 14.2 Å². The second-order valence-electron chi connectivity index (χ2n) is 5.96. The summed E-state index contributed by atoms with van der Waals surface area (Å²) in [5, 5.41) is 2.36. The highest BCUT2D eigenvalue weighted by Gasteiger charge is 2.31. The average Bonchev–Trinajstić information content (AvgIpc) is 3.05. The lowest BCUT2D eigenvalue weighted by molar-refractivity contribution is 0.117. The number of carbonyl (C=O) groups excluding carboxylic acids is 2. The molecule has 1 aromatic carbocycles. The van der Waals surface area contributed by atoms with Gasteiger partial charge in [-0.1, -0.05) is 18.2 Å². The van der Waals surface area contributed by atoms with Crippen molar-refractivity contribution in [3.63, 3.8) is 0 Å². The molecule has 3 rings (SSSR count). The van der Waals surface area contributed by atoms with E-state index >= 15 is 0 Å². The van der Waals surface area contributed by atoms with Crippen molar-refractivity contribution < 1.29 is 37.0 Å². The van der Waals surface area contributed by atoms with Crippen molar-refractivity contribution in [1.29, 1.82) is 0 Å². The van der Waals surface area contributed by atoms with Gasteiger partial charge >= 0.3 is 24.2 Å². The van der Waals surface area contributed by atoms with Gasteiger partial charge in [0.25, 0.3) is 10.0 Å².